The predicted molar refractivity (Wildman–Crippen MR) is 75.3 cm³/mol. The molecule has 0 aromatic heterocycles. The molecule has 0 radical (unpaired) electrons. The molecule has 108 valence electrons. The third kappa shape index (κ3) is 4.03. The van der Waals surface area contributed by atoms with Gasteiger partial charge in [0.25, 0.3) is 5.69 Å². The summed E-state index contributed by atoms with van der Waals surface area (Å²) in [6.07, 6.45) is 2.61. The van der Waals surface area contributed by atoms with Crippen molar-refractivity contribution in [2.45, 2.75) is 38.8 Å². The number of carbonyl (C=O) groups excluding carboxylic acids is 1. The van der Waals surface area contributed by atoms with Gasteiger partial charge in [0.2, 0.25) is 5.91 Å². The van der Waals surface area contributed by atoms with Gasteiger partial charge in [-0.25, -0.2) is 0 Å². The van der Waals surface area contributed by atoms with Gasteiger partial charge in [-0.15, -0.1) is 0 Å². The molecule has 1 aromatic carbocycles. The van der Waals surface area contributed by atoms with Gasteiger partial charge in [-0.05, 0) is 25.3 Å². The van der Waals surface area contributed by atoms with E-state index in [2.05, 4.69) is 10.6 Å². The van der Waals surface area contributed by atoms with Crippen LogP contribution in [0, 0.1) is 17.0 Å². The van der Waals surface area contributed by atoms with E-state index in [9.17, 15) is 14.9 Å². The smallest absolute Gasteiger partial charge is 0.272 e. The van der Waals surface area contributed by atoms with Crippen molar-refractivity contribution in [1.82, 2.24) is 10.6 Å². The van der Waals surface area contributed by atoms with Gasteiger partial charge in [0.15, 0.2) is 0 Å². The second-order valence-corrected chi connectivity index (χ2v) is 5.09. The van der Waals surface area contributed by atoms with Gasteiger partial charge in [-0.1, -0.05) is 12.1 Å². The van der Waals surface area contributed by atoms with Crippen LogP contribution in [0.15, 0.2) is 18.2 Å². The molecular weight excluding hydrogens is 258 g/mol. The Morgan fingerprint density at radius 3 is 2.85 bits per heavy atom. The lowest BCUT2D eigenvalue weighted by Crippen LogP contribution is -2.29. The maximum atomic E-state index is 11.5. The molecule has 0 spiro atoms. The van der Waals surface area contributed by atoms with Crippen LogP contribution >= 0.6 is 0 Å². The SMILES string of the molecule is Cc1c(CNCCC(=O)NC2CC2)cccc1[N+](=O)[O-]. The summed E-state index contributed by atoms with van der Waals surface area (Å²) in [7, 11) is 0. The molecule has 1 aromatic rings. The minimum atomic E-state index is -0.373. The van der Waals surface area contributed by atoms with Gasteiger partial charge in [0.1, 0.15) is 0 Å². The first-order valence-electron chi connectivity index (χ1n) is 6.81. The topological polar surface area (TPSA) is 84.3 Å². The van der Waals surface area contributed by atoms with Crippen LogP contribution in [0.25, 0.3) is 0 Å². The monoisotopic (exact) mass is 277 g/mol. The quantitative estimate of drug-likeness (QED) is 0.451. The van der Waals surface area contributed by atoms with Gasteiger partial charge in [-0.2, -0.15) is 0 Å². The van der Waals surface area contributed by atoms with Crippen LogP contribution in [0.3, 0.4) is 0 Å². The van der Waals surface area contributed by atoms with Gasteiger partial charge >= 0.3 is 0 Å². The van der Waals surface area contributed by atoms with E-state index in [0.29, 0.717) is 31.1 Å². The number of nitrogens with one attached hydrogen (secondary N) is 2. The van der Waals surface area contributed by atoms with Crippen LogP contribution < -0.4 is 10.6 Å². The van der Waals surface area contributed by atoms with E-state index < -0.39 is 0 Å². The second-order valence-electron chi connectivity index (χ2n) is 5.09. The fraction of sp³-hybridized carbons (Fsp3) is 0.500. The first kappa shape index (κ1) is 14.5. The highest BCUT2D eigenvalue weighted by molar-refractivity contribution is 5.76. The summed E-state index contributed by atoms with van der Waals surface area (Å²) in [5, 5.41) is 16.9. The Kier molecular flexibility index (Phi) is 4.68. The Hall–Kier alpha value is -1.95. The Morgan fingerprint density at radius 1 is 1.45 bits per heavy atom. The molecule has 2 N–H and O–H groups in total. The van der Waals surface area contributed by atoms with E-state index in [-0.39, 0.29) is 16.5 Å². The van der Waals surface area contributed by atoms with E-state index in [4.69, 9.17) is 0 Å². The molecule has 2 rings (SSSR count). The average molecular weight is 277 g/mol. The summed E-state index contributed by atoms with van der Waals surface area (Å²) in [5.74, 6) is 0.0655. The van der Waals surface area contributed by atoms with E-state index in [1.807, 2.05) is 6.07 Å². The van der Waals surface area contributed by atoms with Gasteiger partial charge in [0, 0.05) is 37.2 Å². The summed E-state index contributed by atoms with van der Waals surface area (Å²) in [6.45, 7) is 2.85. The van der Waals surface area contributed by atoms with Crippen LogP contribution in [-0.2, 0) is 11.3 Å². The molecule has 6 heteroatoms. The molecule has 0 atom stereocenters. The van der Waals surface area contributed by atoms with Crippen LogP contribution in [0.5, 0.6) is 0 Å². The van der Waals surface area contributed by atoms with Crippen molar-refractivity contribution >= 4 is 11.6 Å². The van der Waals surface area contributed by atoms with Crippen molar-refractivity contribution in [1.29, 1.82) is 0 Å². The molecule has 6 nitrogen and oxygen atoms in total. The predicted octanol–water partition coefficient (Wildman–Crippen LogP) is 1.66. The summed E-state index contributed by atoms with van der Waals surface area (Å²) in [6, 6.07) is 5.44. The number of benzene rings is 1. The van der Waals surface area contributed by atoms with Gasteiger partial charge < -0.3 is 10.6 Å². The Morgan fingerprint density at radius 2 is 2.20 bits per heavy atom. The molecule has 0 saturated heterocycles. The van der Waals surface area contributed by atoms with Crippen molar-refractivity contribution in [3.05, 3.63) is 39.4 Å². The highest BCUT2D eigenvalue weighted by Crippen LogP contribution is 2.21. The van der Waals surface area contributed by atoms with Crippen molar-refractivity contribution in [2.24, 2.45) is 0 Å². The van der Waals surface area contributed by atoms with Crippen molar-refractivity contribution < 1.29 is 9.72 Å². The van der Waals surface area contributed by atoms with Crippen LogP contribution in [-0.4, -0.2) is 23.4 Å². The number of nitro benzene ring substituents is 1. The minimum absolute atomic E-state index is 0.0655. The first-order valence-corrected chi connectivity index (χ1v) is 6.81. The van der Waals surface area contributed by atoms with Gasteiger partial charge in [0.05, 0.1) is 4.92 Å². The maximum Gasteiger partial charge on any atom is 0.272 e. The number of hydrogen-bond donors (Lipinski definition) is 2. The number of nitrogens with zero attached hydrogens (tertiary/aromatic N) is 1. The fourth-order valence-electron chi connectivity index (χ4n) is 2.01. The number of amides is 1. The molecule has 1 aliphatic rings. The zero-order chi connectivity index (χ0) is 14.5. The minimum Gasteiger partial charge on any atom is -0.353 e. The van der Waals surface area contributed by atoms with E-state index in [0.717, 1.165) is 18.4 Å². The molecular formula is C14H19N3O3. The van der Waals surface area contributed by atoms with Gasteiger partial charge in [-0.3, -0.25) is 14.9 Å². The van der Waals surface area contributed by atoms with Crippen LogP contribution in [0.2, 0.25) is 0 Å². The molecule has 1 saturated carbocycles. The molecule has 1 amide bonds. The zero-order valence-electron chi connectivity index (χ0n) is 11.5. The molecule has 1 aliphatic carbocycles. The Balaban J connectivity index is 1.77. The fourth-order valence-corrected chi connectivity index (χ4v) is 2.01. The Labute approximate surface area is 117 Å². The van der Waals surface area contributed by atoms with E-state index in [1.165, 1.54) is 6.07 Å². The largest absolute Gasteiger partial charge is 0.353 e. The lowest BCUT2D eigenvalue weighted by Gasteiger charge is -2.08. The molecule has 0 bridgehead atoms. The normalized spacial score (nSPS) is 14.1. The highest BCUT2D eigenvalue weighted by atomic mass is 16.6. The average Bonchev–Trinajstić information content (AvgIpc) is 3.19. The molecule has 0 aliphatic heterocycles. The summed E-state index contributed by atoms with van der Waals surface area (Å²) in [4.78, 5) is 21.9. The Bertz CT molecular complexity index is 512. The number of nitro groups is 1. The molecule has 0 heterocycles. The van der Waals surface area contributed by atoms with Crippen molar-refractivity contribution in [3.63, 3.8) is 0 Å². The van der Waals surface area contributed by atoms with Crippen molar-refractivity contribution in [2.75, 3.05) is 6.54 Å². The zero-order valence-corrected chi connectivity index (χ0v) is 11.5. The summed E-state index contributed by atoms with van der Waals surface area (Å²) in [5.41, 5.74) is 1.70. The molecule has 1 fully saturated rings. The third-order valence-corrected chi connectivity index (χ3v) is 3.40. The van der Waals surface area contributed by atoms with Crippen LogP contribution in [0.1, 0.15) is 30.4 Å². The number of hydrogen-bond acceptors (Lipinski definition) is 4. The lowest BCUT2D eigenvalue weighted by molar-refractivity contribution is -0.385. The summed E-state index contributed by atoms with van der Waals surface area (Å²) >= 11 is 0. The first-order chi connectivity index (χ1) is 9.58. The standard InChI is InChI=1S/C14H19N3O3/c1-10-11(3-2-4-13(10)17(19)20)9-15-8-7-14(18)16-12-5-6-12/h2-4,12,15H,5-9H2,1H3,(H,16,18). The number of carbonyl (C=O) groups is 1. The molecule has 0 unspecified atom stereocenters. The van der Waals surface area contributed by atoms with Crippen molar-refractivity contribution in [3.8, 4) is 0 Å². The lowest BCUT2D eigenvalue weighted by atomic mass is 10.1. The highest BCUT2D eigenvalue weighted by Gasteiger charge is 2.22. The summed E-state index contributed by atoms with van der Waals surface area (Å²) < 4.78 is 0. The van der Waals surface area contributed by atoms with E-state index in [1.54, 1.807) is 13.0 Å². The molecule has 20 heavy (non-hydrogen) atoms. The third-order valence-electron chi connectivity index (χ3n) is 3.40. The number of rotatable bonds is 7. The van der Waals surface area contributed by atoms with Crippen LogP contribution in [0.4, 0.5) is 5.69 Å². The second kappa shape index (κ2) is 6.47. The van der Waals surface area contributed by atoms with E-state index >= 15 is 0 Å². The maximum absolute atomic E-state index is 11.5.